The molecule has 2 heterocycles. The quantitative estimate of drug-likeness (QED) is 0.316. The van der Waals surface area contributed by atoms with E-state index in [1.54, 1.807) is 24.5 Å². The fraction of sp³-hybridized carbons (Fsp3) is 0.250. The lowest BCUT2D eigenvalue weighted by Gasteiger charge is -2.19. The van der Waals surface area contributed by atoms with Gasteiger partial charge in [-0.1, -0.05) is 0 Å². The number of fused-ring (bicyclic) bond motifs is 2. The summed E-state index contributed by atoms with van der Waals surface area (Å²) in [4.78, 5) is 30.4. The summed E-state index contributed by atoms with van der Waals surface area (Å²) in [6.45, 7) is 1.36. The first kappa shape index (κ1) is 20.8. The zero-order valence-electron chi connectivity index (χ0n) is 17.2. The molecule has 160 valence electrons. The van der Waals surface area contributed by atoms with Crippen LogP contribution in [0.2, 0.25) is 0 Å². The maximum Gasteiger partial charge on any atom is 0.316 e. The molecule has 1 atom stereocenters. The normalized spacial score (nSPS) is 12.5. The molecule has 7 heteroatoms. The van der Waals surface area contributed by atoms with Crippen molar-refractivity contribution in [3.63, 3.8) is 0 Å². The van der Waals surface area contributed by atoms with Gasteiger partial charge in [0.05, 0.1) is 7.11 Å². The van der Waals surface area contributed by atoms with Crippen LogP contribution in [0.3, 0.4) is 0 Å². The van der Waals surface area contributed by atoms with Crippen molar-refractivity contribution in [2.45, 2.75) is 25.7 Å². The van der Waals surface area contributed by atoms with Crippen LogP contribution < -0.4 is 0 Å². The molecule has 0 radical (unpaired) electrons. The van der Waals surface area contributed by atoms with Gasteiger partial charge in [0, 0.05) is 40.1 Å². The number of ether oxygens (including phenoxy) is 1. The number of hydrogen-bond acceptors (Lipinski definition) is 3. The molecule has 0 amide bonds. The highest BCUT2D eigenvalue weighted by Gasteiger charge is 2.28. The van der Waals surface area contributed by atoms with E-state index >= 15 is 0 Å². The number of aromatic amines is 2. The average molecular weight is 424 g/mol. The number of halogens is 2. The predicted molar refractivity (Wildman–Crippen MR) is 114 cm³/mol. The number of nitrogens with one attached hydrogen (secondary N) is 2. The second-order valence-electron chi connectivity index (χ2n) is 7.68. The van der Waals surface area contributed by atoms with Crippen LogP contribution in [0.15, 0.2) is 48.8 Å². The molecule has 0 aliphatic heterocycles. The number of H-pyrrole nitrogens is 2. The number of ketones is 1. The highest BCUT2D eigenvalue weighted by Crippen LogP contribution is 2.39. The van der Waals surface area contributed by atoms with Gasteiger partial charge < -0.3 is 14.7 Å². The molecular weight excluding hydrogens is 402 g/mol. The van der Waals surface area contributed by atoms with Crippen LogP contribution in [0, 0.1) is 17.6 Å². The molecule has 31 heavy (non-hydrogen) atoms. The lowest BCUT2D eigenvalue weighted by Crippen LogP contribution is -2.24. The van der Waals surface area contributed by atoms with E-state index in [1.165, 1.54) is 38.3 Å². The van der Waals surface area contributed by atoms with E-state index in [4.69, 9.17) is 4.74 Å². The summed E-state index contributed by atoms with van der Waals surface area (Å²) in [6.07, 6.45) is 4.25. The van der Waals surface area contributed by atoms with E-state index in [0.717, 1.165) is 22.2 Å². The predicted octanol–water partition coefficient (Wildman–Crippen LogP) is 5.22. The van der Waals surface area contributed by atoms with Crippen molar-refractivity contribution < 1.29 is 23.1 Å². The van der Waals surface area contributed by atoms with Crippen LogP contribution in [0.4, 0.5) is 8.78 Å². The first-order valence-corrected chi connectivity index (χ1v) is 10.0. The third kappa shape index (κ3) is 3.95. The van der Waals surface area contributed by atoms with E-state index in [9.17, 15) is 18.4 Å². The largest absolute Gasteiger partial charge is 0.468 e. The molecule has 0 aliphatic rings. The molecule has 0 fully saturated rings. The minimum absolute atomic E-state index is 0.247. The molecule has 5 nitrogen and oxygen atoms in total. The number of hydrogen-bond donors (Lipinski definition) is 2. The Morgan fingerprint density at radius 2 is 1.42 bits per heavy atom. The minimum atomic E-state index is -0.892. The summed E-state index contributed by atoms with van der Waals surface area (Å²) in [7, 11) is 1.25. The standard InChI is InChI=1S/C24H22F2N2O3/c1-13(29)16(24(30)31-2)5-6-17(20-11-27-22-7-3-14(25)9-18(20)22)21-12-28-23-8-4-15(26)10-19(21)23/h3-4,7-12,16-17,27-28H,5-6H2,1-2H3. The molecular formula is C24H22F2N2O3. The molecule has 0 saturated carbocycles. The topological polar surface area (TPSA) is 75.0 Å². The third-order valence-corrected chi connectivity index (χ3v) is 5.82. The van der Waals surface area contributed by atoms with Gasteiger partial charge in [-0.05, 0) is 67.3 Å². The van der Waals surface area contributed by atoms with Gasteiger partial charge in [-0.15, -0.1) is 0 Å². The summed E-state index contributed by atoms with van der Waals surface area (Å²) in [5.74, 6) is -2.79. The molecule has 2 N–H and O–H groups in total. The molecule has 0 bridgehead atoms. The smallest absolute Gasteiger partial charge is 0.316 e. The van der Waals surface area contributed by atoms with Crippen molar-refractivity contribution in [1.82, 2.24) is 9.97 Å². The maximum atomic E-state index is 14.0. The lowest BCUT2D eigenvalue weighted by atomic mass is 9.84. The molecule has 2 aromatic heterocycles. The molecule has 0 aliphatic carbocycles. The lowest BCUT2D eigenvalue weighted by molar-refractivity contribution is -0.149. The Morgan fingerprint density at radius 1 is 0.903 bits per heavy atom. The summed E-state index contributed by atoms with van der Waals surface area (Å²) in [5, 5.41) is 1.40. The monoisotopic (exact) mass is 424 g/mol. The molecule has 1 unspecified atom stereocenters. The number of benzene rings is 2. The molecule has 4 aromatic rings. The highest BCUT2D eigenvalue weighted by molar-refractivity contribution is 5.97. The first-order valence-electron chi connectivity index (χ1n) is 10.0. The number of carbonyl (C=O) groups excluding carboxylic acids is 2. The zero-order chi connectivity index (χ0) is 22.1. The Balaban J connectivity index is 1.82. The second-order valence-corrected chi connectivity index (χ2v) is 7.68. The van der Waals surface area contributed by atoms with Crippen LogP contribution in [0.1, 0.15) is 36.8 Å². The SMILES string of the molecule is COC(=O)C(CCC(c1c[nH]c2ccc(F)cc12)c1c[nH]c2ccc(F)cc12)C(C)=O. The van der Waals surface area contributed by atoms with Gasteiger partial charge in [-0.25, -0.2) is 8.78 Å². The van der Waals surface area contributed by atoms with Crippen molar-refractivity contribution in [2.75, 3.05) is 7.11 Å². The van der Waals surface area contributed by atoms with Crippen molar-refractivity contribution in [3.05, 3.63) is 71.6 Å². The molecule has 0 saturated heterocycles. The number of methoxy groups -OCH3 is 1. The zero-order valence-corrected chi connectivity index (χ0v) is 17.2. The van der Waals surface area contributed by atoms with Gasteiger partial charge in [0.25, 0.3) is 0 Å². The maximum absolute atomic E-state index is 14.0. The summed E-state index contributed by atoms with van der Waals surface area (Å²) in [5.41, 5.74) is 3.16. The van der Waals surface area contributed by atoms with Crippen LogP contribution >= 0.6 is 0 Å². The Hall–Kier alpha value is -3.48. The third-order valence-electron chi connectivity index (χ3n) is 5.82. The van der Waals surface area contributed by atoms with E-state index in [1.807, 2.05) is 0 Å². The van der Waals surface area contributed by atoms with Gasteiger partial charge in [0.1, 0.15) is 23.3 Å². The number of rotatable bonds is 7. The number of aromatic nitrogens is 2. The van der Waals surface area contributed by atoms with Crippen LogP contribution in [0.25, 0.3) is 21.8 Å². The summed E-state index contributed by atoms with van der Waals surface area (Å²) >= 11 is 0. The van der Waals surface area contributed by atoms with Crippen LogP contribution in [-0.2, 0) is 14.3 Å². The van der Waals surface area contributed by atoms with E-state index in [-0.39, 0.29) is 29.8 Å². The first-order chi connectivity index (χ1) is 14.9. The number of esters is 1. The molecule has 0 spiro atoms. The molecule has 2 aromatic carbocycles. The van der Waals surface area contributed by atoms with Gasteiger partial charge in [-0.3, -0.25) is 9.59 Å². The van der Waals surface area contributed by atoms with Gasteiger partial charge >= 0.3 is 5.97 Å². The van der Waals surface area contributed by atoms with Gasteiger partial charge in [0.2, 0.25) is 0 Å². The summed E-state index contributed by atoms with van der Waals surface area (Å²) in [6, 6.07) is 8.97. The van der Waals surface area contributed by atoms with Gasteiger partial charge in [0.15, 0.2) is 0 Å². The summed E-state index contributed by atoms with van der Waals surface area (Å²) < 4.78 is 32.8. The Morgan fingerprint density at radius 3 is 1.87 bits per heavy atom. The van der Waals surface area contributed by atoms with E-state index in [2.05, 4.69) is 9.97 Å². The van der Waals surface area contributed by atoms with E-state index < -0.39 is 11.9 Å². The van der Waals surface area contributed by atoms with Crippen LogP contribution in [0.5, 0.6) is 0 Å². The average Bonchev–Trinajstić information content (AvgIpc) is 3.34. The van der Waals surface area contributed by atoms with Crippen LogP contribution in [-0.4, -0.2) is 28.8 Å². The minimum Gasteiger partial charge on any atom is -0.468 e. The fourth-order valence-corrected chi connectivity index (χ4v) is 4.25. The van der Waals surface area contributed by atoms with Crippen molar-refractivity contribution in [2.24, 2.45) is 5.92 Å². The van der Waals surface area contributed by atoms with E-state index in [0.29, 0.717) is 17.2 Å². The number of Topliss-reactive ketones (excluding diaryl/α,β-unsaturated/α-hetero) is 1. The number of carbonyl (C=O) groups is 2. The second kappa shape index (κ2) is 8.34. The Bertz CT molecular complexity index is 1190. The van der Waals surface area contributed by atoms with Crippen molar-refractivity contribution >= 4 is 33.6 Å². The fourth-order valence-electron chi connectivity index (χ4n) is 4.25. The van der Waals surface area contributed by atoms with Crippen molar-refractivity contribution in [3.8, 4) is 0 Å². The highest BCUT2D eigenvalue weighted by atomic mass is 19.1. The van der Waals surface area contributed by atoms with Gasteiger partial charge in [-0.2, -0.15) is 0 Å². The Kier molecular flexibility index (Phi) is 5.59. The van der Waals surface area contributed by atoms with Crippen molar-refractivity contribution in [1.29, 1.82) is 0 Å². The molecule has 4 rings (SSSR count). The Labute approximate surface area is 177 Å².